The summed E-state index contributed by atoms with van der Waals surface area (Å²) in [6, 6.07) is 20.8. The minimum Gasteiger partial charge on any atom is -0.352 e. The van der Waals surface area contributed by atoms with Gasteiger partial charge >= 0.3 is 0 Å². The summed E-state index contributed by atoms with van der Waals surface area (Å²) in [6.45, 7) is 2.34. The Kier molecular flexibility index (Phi) is 6.56. The molecule has 0 saturated heterocycles. The van der Waals surface area contributed by atoms with Crippen LogP contribution in [0.5, 0.6) is 0 Å². The maximum Gasteiger partial charge on any atom is 0.261 e. The van der Waals surface area contributed by atoms with Crippen LogP contribution in [0.1, 0.15) is 21.5 Å². The van der Waals surface area contributed by atoms with Crippen molar-refractivity contribution in [1.82, 2.24) is 5.32 Å². The fourth-order valence-electron chi connectivity index (χ4n) is 2.73. The van der Waals surface area contributed by atoms with Gasteiger partial charge in [-0.2, -0.15) is 0 Å². The number of amides is 1. The predicted molar refractivity (Wildman–Crippen MR) is 116 cm³/mol. The number of halogens is 1. The quantitative estimate of drug-likeness (QED) is 0.584. The summed E-state index contributed by atoms with van der Waals surface area (Å²) in [5.74, 6) is -0.298. The highest BCUT2D eigenvalue weighted by Gasteiger charge is 2.17. The average molecular weight is 429 g/mol. The number of hydrogen-bond acceptors (Lipinski definition) is 3. The molecular weight excluding hydrogens is 408 g/mol. The largest absolute Gasteiger partial charge is 0.352 e. The van der Waals surface area contributed by atoms with Crippen LogP contribution in [0.3, 0.4) is 0 Å². The van der Waals surface area contributed by atoms with Gasteiger partial charge in [-0.3, -0.25) is 9.52 Å². The first-order valence-corrected chi connectivity index (χ1v) is 10.9. The second-order valence-corrected chi connectivity index (χ2v) is 8.69. The van der Waals surface area contributed by atoms with Gasteiger partial charge < -0.3 is 5.32 Å². The third kappa shape index (κ3) is 5.59. The molecular formula is C22H21ClN2O3S. The molecule has 3 aromatic carbocycles. The van der Waals surface area contributed by atoms with Crippen molar-refractivity contribution in [2.75, 3.05) is 11.3 Å². The van der Waals surface area contributed by atoms with E-state index in [1.807, 2.05) is 37.3 Å². The summed E-state index contributed by atoms with van der Waals surface area (Å²) in [7, 11) is -3.81. The van der Waals surface area contributed by atoms with Gasteiger partial charge in [-0.1, -0.05) is 59.6 Å². The van der Waals surface area contributed by atoms with E-state index in [1.165, 1.54) is 24.3 Å². The average Bonchev–Trinajstić information content (AvgIpc) is 2.70. The van der Waals surface area contributed by atoms with Gasteiger partial charge in [0.15, 0.2) is 0 Å². The number of rotatable bonds is 7. The number of carbonyl (C=O) groups excluding carboxylic acids is 1. The van der Waals surface area contributed by atoms with Crippen molar-refractivity contribution in [3.8, 4) is 0 Å². The van der Waals surface area contributed by atoms with Crippen LogP contribution in [-0.4, -0.2) is 20.9 Å². The highest BCUT2D eigenvalue weighted by atomic mass is 35.5. The Hall–Kier alpha value is -2.83. The number of carbonyl (C=O) groups is 1. The summed E-state index contributed by atoms with van der Waals surface area (Å²) < 4.78 is 27.7. The molecule has 0 unspecified atom stereocenters. The zero-order valence-electron chi connectivity index (χ0n) is 15.9. The normalized spacial score (nSPS) is 11.1. The molecule has 0 saturated carbocycles. The van der Waals surface area contributed by atoms with E-state index in [0.717, 1.165) is 11.1 Å². The summed E-state index contributed by atoms with van der Waals surface area (Å²) >= 11 is 6.15. The molecule has 0 fully saturated rings. The van der Waals surface area contributed by atoms with Gasteiger partial charge in [0.25, 0.3) is 15.9 Å². The zero-order valence-corrected chi connectivity index (χ0v) is 17.4. The Balaban J connectivity index is 1.70. The Morgan fingerprint density at radius 1 is 0.966 bits per heavy atom. The number of hydrogen-bond donors (Lipinski definition) is 2. The molecule has 29 heavy (non-hydrogen) atoms. The summed E-state index contributed by atoms with van der Waals surface area (Å²) in [6.07, 6.45) is 0.701. The maximum absolute atomic E-state index is 12.6. The van der Waals surface area contributed by atoms with E-state index in [1.54, 1.807) is 18.2 Å². The molecule has 2 N–H and O–H groups in total. The first kappa shape index (κ1) is 20.9. The number of anilines is 1. The maximum atomic E-state index is 12.6. The van der Waals surface area contributed by atoms with Crippen LogP contribution < -0.4 is 10.0 Å². The number of benzene rings is 3. The molecule has 0 atom stereocenters. The van der Waals surface area contributed by atoms with E-state index in [2.05, 4.69) is 10.0 Å². The highest BCUT2D eigenvalue weighted by molar-refractivity contribution is 7.92. The first-order chi connectivity index (χ1) is 13.8. The van der Waals surface area contributed by atoms with E-state index in [-0.39, 0.29) is 21.5 Å². The lowest BCUT2D eigenvalue weighted by Gasteiger charge is -2.12. The van der Waals surface area contributed by atoms with Crippen molar-refractivity contribution in [2.45, 2.75) is 18.2 Å². The third-order valence-corrected chi connectivity index (χ3v) is 6.06. The molecule has 0 heterocycles. The van der Waals surface area contributed by atoms with Crippen molar-refractivity contribution in [3.05, 3.63) is 94.5 Å². The van der Waals surface area contributed by atoms with E-state index in [0.29, 0.717) is 18.5 Å². The lowest BCUT2D eigenvalue weighted by molar-refractivity contribution is 0.0954. The molecule has 3 rings (SSSR count). The lowest BCUT2D eigenvalue weighted by Crippen LogP contribution is -2.25. The van der Waals surface area contributed by atoms with Crippen molar-refractivity contribution < 1.29 is 13.2 Å². The van der Waals surface area contributed by atoms with Gasteiger partial charge in [0.1, 0.15) is 0 Å². The number of aryl methyl sites for hydroxylation is 1. The molecule has 0 aliphatic carbocycles. The molecule has 0 aromatic heterocycles. The highest BCUT2D eigenvalue weighted by Crippen LogP contribution is 2.26. The molecule has 5 nitrogen and oxygen atoms in total. The van der Waals surface area contributed by atoms with E-state index in [4.69, 9.17) is 11.6 Å². The van der Waals surface area contributed by atoms with Crippen LogP contribution in [0.15, 0.2) is 77.7 Å². The second kappa shape index (κ2) is 9.11. The van der Waals surface area contributed by atoms with E-state index >= 15 is 0 Å². The monoisotopic (exact) mass is 428 g/mol. The SMILES string of the molecule is Cc1ccc(S(=O)(=O)Nc2cc(C(=O)NCCc3ccccc3)ccc2Cl)cc1. The smallest absolute Gasteiger partial charge is 0.261 e. The Labute approximate surface area is 175 Å². The topological polar surface area (TPSA) is 75.3 Å². The van der Waals surface area contributed by atoms with Gasteiger partial charge in [0.2, 0.25) is 0 Å². The molecule has 0 radical (unpaired) electrons. The van der Waals surface area contributed by atoms with Gasteiger partial charge in [-0.15, -0.1) is 0 Å². The van der Waals surface area contributed by atoms with Crippen LogP contribution >= 0.6 is 11.6 Å². The molecule has 150 valence electrons. The number of nitrogens with one attached hydrogen (secondary N) is 2. The molecule has 0 spiro atoms. The minimum absolute atomic E-state index is 0.122. The Morgan fingerprint density at radius 3 is 2.34 bits per heavy atom. The Morgan fingerprint density at radius 2 is 1.66 bits per heavy atom. The van der Waals surface area contributed by atoms with E-state index < -0.39 is 10.0 Å². The molecule has 3 aromatic rings. The fourth-order valence-corrected chi connectivity index (χ4v) is 4.02. The molecule has 1 amide bonds. The summed E-state index contributed by atoms with van der Waals surface area (Å²) in [5.41, 5.74) is 2.55. The van der Waals surface area contributed by atoms with Gasteiger partial charge in [0.05, 0.1) is 15.6 Å². The lowest BCUT2D eigenvalue weighted by atomic mass is 10.1. The van der Waals surface area contributed by atoms with Gasteiger partial charge in [-0.05, 0) is 49.2 Å². The molecule has 7 heteroatoms. The van der Waals surface area contributed by atoms with Crippen LogP contribution in [0.2, 0.25) is 5.02 Å². The van der Waals surface area contributed by atoms with Crippen molar-refractivity contribution >= 4 is 33.2 Å². The zero-order chi connectivity index (χ0) is 20.9. The van der Waals surface area contributed by atoms with E-state index in [9.17, 15) is 13.2 Å². The standard InChI is InChI=1S/C22H21ClN2O3S/c1-16-7-10-19(11-8-16)29(27,28)25-21-15-18(9-12-20(21)23)22(26)24-14-13-17-5-3-2-4-6-17/h2-12,15,25H,13-14H2,1H3,(H,24,26). The van der Waals surface area contributed by atoms with Gasteiger partial charge in [0, 0.05) is 12.1 Å². The van der Waals surface area contributed by atoms with Crippen LogP contribution in [0.25, 0.3) is 0 Å². The number of sulfonamides is 1. The summed E-state index contributed by atoms with van der Waals surface area (Å²) in [5, 5.41) is 3.05. The third-order valence-electron chi connectivity index (χ3n) is 4.35. The second-order valence-electron chi connectivity index (χ2n) is 6.60. The Bertz CT molecular complexity index is 1100. The van der Waals surface area contributed by atoms with Crippen LogP contribution in [0.4, 0.5) is 5.69 Å². The molecule has 0 aliphatic rings. The first-order valence-electron chi connectivity index (χ1n) is 9.06. The molecule has 0 aliphatic heterocycles. The summed E-state index contributed by atoms with van der Waals surface area (Å²) in [4.78, 5) is 12.6. The van der Waals surface area contributed by atoms with Crippen molar-refractivity contribution in [3.63, 3.8) is 0 Å². The van der Waals surface area contributed by atoms with Gasteiger partial charge in [-0.25, -0.2) is 8.42 Å². The van der Waals surface area contributed by atoms with Crippen LogP contribution in [-0.2, 0) is 16.4 Å². The molecule has 0 bridgehead atoms. The van der Waals surface area contributed by atoms with Crippen molar-refractivity contribution in [1.29, 1.82) is 0 Å². The van der Waals surface area contributed by atoms with Crippen molar-refractivity contribution in [2.24, 2.45) is 0 Å². The van der Waals surface area contributed by atoms with Crippen LogP contribution in [0, 0.1) is 6.92 Å². The minimum atomic E-state index is -3.81. The fraction of sp³-hybridized carbons (Fsp3) is 0.136. The predicted octanol–water partition coefficient (Wildman–Crippen LogP) is 4.42.